The van der Waals surface area contributed by atoms with Gasteiger partial charge in [0.15, 0.2) is 5.15 Å². The molecule has 1 aromatic rings. The number of aromatic nitrogens is 2. The third kappa shape index (κ3) is 2.43. The van der Waals surface area contributed by atoms with Gasteiger partial charge in [-0.15, -0.1) is 6.58 Å². The molecule has 0 saturated heterocycles. The number of rotatable bonds is 4. The summed E-state index contributed by atoms with van der Waals surface area (Å²) in [5, 5.41) is 10.3. The Kier molecular flexibility index (Phi) is 3.85. The highest BCUT2D eigenvalue weighted by atomic mass is 35.5. The van der Waals surface area contributed by atoms with Gasteiger partial charge >= 0.3 is 0 Å². The van der Waals surface area contributed by atoms with Gasteiger partial charge in [-0.1, -0.05) is 17.7 Å². The fraction of sp³-hybridized carbons (Fsp3) is 0.125. The van der Waals surface area contributed by atoms with Gasteiger partial charge in [-0.05, 0) is 11.6 Å². The van der Waals surface area contributed by atoms with Gasteiger partial charge < -0.3 is 10.7 Å². The lowest BCUT2D eigenvalue weighted by Crippen LogP contribution is -2.05. The number of anilines is 1. The summed E-state index contributed by atoms with van der Waals surface area (Å²) in [6.45, 7) is 4.07. The molecule has 0 fully saturated rings. The summed E-state index contributed by atoms with van der Waals surface area (Å²) in [5.74, 6) is 0. The van der Waals surface area contributed by atoms with E-state index in [9.17, 15) is 0 Å². The summed E-state index contributed by atoms with van der Waals surface area (Å²) in [4.78, 5) is 7.59. The van der Waals surface area contributed by atoms with Crippen LogP contribution in [0.5, 0.6) is 0 Å². The topological polar surface area (TPSA) is 61.7 Å². The quantitative estimate of drug-likeness (QED) is 0.362. The molecule has 0 radical (unpaired) electrons. The molecule has 74 valence electrons. The van der Waals surface area contributed by atoms with Crippen molar-refractivity contribution >= 4 is 35.1 Å². The van der Waals surface area contributed by atoms with E-state index in [1.807, 2.05) is 0 Å². The molecule has 0 aliphatic carbocycles. The highest BCUT2D eigenvalue weighted by molar-refractivity contribution is 6.34. The summed E-state index contributed by atoms with van der Waals surface area (Å²) >= 11 is 11.4. The number of nitrogens with one attached hydrogen (secondary N) is 2. The molecule has 0 bridgehead atoms. The van der Waals surface area contributed by atoms with Crippen molar-refractivity contribution < 1.29 is 0 Å². The zero-order valence-electron chi connectivity index (χ0n) is 7.22. The number of halogens is 2. The maximum absolute atomic E-state index is 7.12. The van der Waals surface area contributed by atoms with Gasteiger partial charge in [0.2, 0.25) is 5.28 Å². The van der Waals surface area contributed by atoms with E-state index in [1.165, 1.54) is 0 Å². The Balaban J connectivity index is 3.11. The summed E-state index contributed by atoms with van der Waals surface area (Å²) in [6.07, 6.45) is 2.73. The predicted octanol–water partition coefficient (Wildman–Crippen LogP) is 2.38. The minimum atomic E-state index is 0.0256. The van der Waals surface area contributed by atoms with Crippen molar-refractivity contribution in [3.05, 3.63) is 28.8 Å². The Labute approximate surface area is 91.5 Å². The van der Waals surface area contributed by atoms with Crippen LogP contribution >= 0.6 is 23.2 Å². The average Bonchev–Trinajstić information content (AvgIpc) is 2.15. The van der Waals surface area contributed by atoms with Gasteiger partial charge in [0.05, 0.1) is 0 Å². The van der Waals surface area contributed by atoms with Crippen LogP contribution in [0.2, 0.25) is 10.4 Å². The van der Waals surface area contributed by atoms with Crippen molar-refractivity contribution in [2.24, 2.45) is 0 Å². The standard InChI is InChI=1S/C8H8Cl2N4/c1-2-3-12-6-5(4-11)13-8(10)14-7(6)9/h2,4,11-12H,1,3H2. The molecule has 0 saturated carbocycles. The highest BCUT2D eigenvalue weighted by Crippen LogP contribution is 2.23. The first kappa shape index (κ1) is 10.9. The van der Waals surface area contributed by atoms with Gasteiger partial charge in [0.25, 0.3) is 0 Å². The van der Waals surface area contributed by atoms with E-state index in [4.69, 9.17) is 28.6 Å². The number of hydrogen-bond donors (Lipinski definition) is 2. The van der Waals surface area contributed by atoms with Crippen molar-refractivity contribution in [3.63, 3.8) is 0 Å². The molecular weight excluding hydrogens is 223 g/mol. The molecular formula is C8H8Cl2N4. The van der Waals surface area contributed by atoms with Crippen molar-refractivity contribution in [3.8, 4) is 0 Å². The van der Waals surface area contributed by atoms with Gasteiger partial charge in [-0.25, -0.2) is 9.97 Å². The van der Waals surface area contributed by atoms with E-state index >= 15 is 0 Å². The molecule has 0 spiro atoms. The zero-order chi connectivity index (χ0) is 10.6. The van der Waals surface area contributed by atoms with E-state index in [-0.39, 0.29) is 10.4 Å². The summed E-state index contributed by atoms with van der Waals surface area (Å²) in [5.41, 5.74) is 0.850. The van der Waals surface area contributed by atoms with E-state index in [0.29, 0.717) is 17.9 Å². The minimum Gasteiger partial charge on any atom is -0.377 e. The SMILES string of the molecule is C=CCNc1c(Cl)nc(Cl)nc1C=N. The fourth-order valence-electron chi connectivity index (χ4n) is 0.865. The molecule has 4 nitrogen and oxygen atoms in total. The second-order valence-corrected chi connectivity index (χ2v) is 3.05. The van der Waals surface area contributed by atoms with Gasteiger partial charge in [0.1, 0.15) is 11.4 Å². The molecule has 6 heteroatoms. The predicted molar refractivity (Wildman–Crippen MR) is 58.6 cm³/mol. The molecule has 1 aromatic heterocycles. The second kappa shape index (κ2) is 4.93. The van der Waals surface area contributed by atoms with Crippen LogP contribution in [-0.4, -0.2) is 22.7 Å². The summed E-state index contributed by atoms with van der Waals surface area (Å²) in [6, 6.07) is 0. The van der Waals surface area contributed by atoms with Crippen LogP contribution in [0.25, 0.3) is 0 Å². The molecule has 0 aliphatic rings. The van der Waals surface area contributed by atoms with E-state index < -0.39 is 0 Å². The minimum absolute atomic E-state index is 0.0256. The number of hydrogen-bond acceptors (Lipinski definition) is 4. The normalized spacial score (nSPS) is 9.57. The molecule has 2 N–H and O–H groups in total. The Bertz CT molecular complexity index is 365. The van der Waals surface area contributed by atoms with Crippen LogP contribution in [0.1, 0.15) is 5.69 Å². The monoisotopic (exact) mass is 230 g/mol. The summed E-state index contributed by atoms with van der Waals surface area (Å²) in [7, 11) is 0. The molecule has 0 aromatic carbocycles. The fourth-order valence-corrected chi connectivity index (χ4v) is 1.33. The van der Waals surface area contributed by atoms with Gasteiger partial charge in [0, 0.05) is 12.8 Å². The molecule has 0 atom stereocenters. The van der Waals surface area contributed by atoms with Crippen molar-refractivity contribution in [1.29, 1.82) is 5.41 Å². The van der Waals surface area contributed by atoms with E-state index in [2.05, 4.69) is 21.9 Å². The van der Waals surface area contributed by atoms with Gasteiger partial charge in [-0.3, -0.25) is 0 Å². The van der Waals surface area contributed by atoms with E-state index in [0.717, 1.165) is 6.21 Å². The van der Waals surface area contributed by atoms with Crippen LogP contribution in [0, 0.1) is 5.41 Å². The largest absolute Gasteiger partial charge is 0.377 e. The third-order valence-electron chi connectivity index (χ3n) is 1.43. The van der Waals surface area contributed by atoms with Crippen LogP contribution in [-0.2, 0) is 0 Å². The van der Waals surface area contributed by atoms with Crippen LogP contribution in [0.3, 0.4) is 0 Å². The first-order valence-electron chi connectivity index (χ1n) is 3.77. The first-order chi connectivity index (χ1) is 6.69. The Morgan fingerprint density at radius 2 is 2.14 bits per heavy atom. The maximum Gasteiger partial charge on any atom is 0.224 e. The Morgan fingerprint density at radius 3 is 2.71 bits per heavy atom. The maximum atomic E-state index is 7.12. The molecule has 0 amide bonds. The average molecular weight is 231 g/mol. The first-order valence-corrected chi connectivity index (χ1v) is 4.53. The molecule has 14 heavy (non-hydrogen) atoms. The van der Waals surface area contributed by atoms with Crippen LogP contribution < -0.4 is 5.32 Å². The van der Waals surface area contributed by atoms with Crippen LogP contribution in [0.4, 0.5) is 5.69 Å². The van der Waals surface area contributed by atoms with Crippen molar-refractivity contribution in [2.75, 3.05) is 11.9 Å². The smallest absolute Gasteiger partial charge is 0.224 e. The second-order valence-electron chi connectivity index (χ2n) is 2.36. The van der Waals surface area contributed by atoms with Crippen LogP contribution in [0.15, 0.2) is 12.7 Å². The molecule has 1 heterocycles. The lowest BCUT2D eigenvalue weighted by molar-refractivity contribution is 1.14. The Hall–Kier alpha value is -1.13. The number of nitrogens with zero attached hydrogens (tertiary/aromatic N) is 2. The van der Waals surface area contributed by atoms with Crippen molar-refractivity contribution in [1.82, 2.24) is 9.97 Å². The van der Waals surface area contributed by atoms with E-state index in [1.54, 1.807) is 6.08 Å². The van der Waals surface area contributed by atoms with Crippen molar-refractivity contribution in [2.45, 2.75) is 0 Å². The molecule has 0 unspecified atom stereocenters. The Morgan fingerprint density at radius 1 is 1.43 bits per heavy atom. The lowest BCUT2D eigenvalue weighted by atomic mass is 10.3. The lowest BCUT2D eigenvalue weighted by Gasteiger charge is -2.07. The zero-order valence-corrected chi connectivity index (χ0v) is 8.73. The molecule has 1 rings (SSSR count). The third-order valence-corrected chi connectivity index (χ3v) is 1.87. The van der Waals surface area contributed by atoms with Gasteiger partial charge in [-0.2, -0.15) is 0 Å². The highest BCUT2D eigenvalue weighted by Gasteiger charge is 2.09. The molecule has 0 aliphatic heterocycles. The summed E-state index contributed by atoms with van der Waals surface area (Å²) < 4.78 is 0.